The molecule has 0 saturated heterocycles. The highest BCUT2D eigenvalue weighted by molar-refractivity contribution is 7.18. The Morgan fingerprint density at radius 3 is 2.73 bits per heavy atom. The van der Waals surface area contributed by atoms with Crippen molar-refractivity contribution in [1.29, 1.82) is 0 Å². The van der Waals surface area contributed by atoms with Crippen molar-refractivity contribution >= 4 is 45.5 Å². The Balaban J connectivity index is 1.83. The molecule has 3 aromatic rings. The molecule has 0 saturated carbocycles. The number of aryl methyl sites for hydroxylation is 1. The van der Waals surface area contributed by atoms with E-state index in [4.69, 9.17) is 16.0 Å². The minimum Gasteiger partial charge on any atom is -0.451 e. The van der Waals surface area contributed by atoms with Crippen molar-refractivity contribution in [2.45, 2.75) is 13.8 Å². The highest BCUT2D eigenvalue weighted by atomic mass is 35.5. The van der Waals surface area contributed by atoms with E-state index < -0.39 is 0 Å². The topological polar surface area (TPSA) is 54.6 Å². The zero-order valence-electron chi connectivity index (χ0n) is 12.0. The van der Waals surface area contributed by atoms with Gasteiger partial charge in [0.05, 0.1) is 14.9 Å². The predicted octanol–water partition coefficient (Wildman–Crippen LogP) is 4.61. The number of carbonyl (C=O) groups is 1. The molecule has 0 radical (unpaired) electrons. The average molecular weight is 333 g/mol. The van der Waals surface area contributed by atoms with Crippen LogP contribution in [0.5, 0.6) is 0 Å². The first-order valence-corrected chi connectivity index (χ1v) is 7.84. The Kier molecular flexibility index (Phi) is 4.00. The molecule has 0 bridgehead atoms. The predicted molar refractivity (Wildman–Crippen MR) is 90.0 cm³/mol. The molecule has 0 spiro atoms. The number of hydrogen-bond donors (Lipinski definition) is 1. The van der Waals surface area contributed by atoms with Gasteiger partial charge in [-0.2, -0.15) is 5.10 Å². The van der Waals surface area contributed by atoms with E-state index in [2.05, 4.69) is 10.5 Å². The van der Waals surface area contributed by atoms with Gasteiger partial charge >= 0.3 is 5.91 Å². The number of furan rings is 1. The van der Waals surface area contributed by atoms with Crippen molar-refractivity contribution in [3.05, 3.63) is 56.9 Å². The number of nitrogens with one attached hydrogen (secondary N) is 1. The van der Waals surface area contributed by atoms with Crippen molar-refractivity contribution in [2.24, 2.45) is 5.10 Å². The summed E-state index contributed by atoms with van der Waals surface area (Å²) in [5.41, 5.74) is 4.72. The number of amides is 1. The van der Waals surface area contributed by atoms with Gasteiger partial charge in [-0.25, -0.2) is 5.43 Å². The Morgan fingerprint density at radius 2 is 2.05 bits per heavy atom. The van der Waals surface area contributed by atoms with Crippen LogP contribution in [0.4, 0.5) is 0 Å². The third kappa shape index (κ3) is 2.77. The third-order valence-corrected chi connectivity index (χ3v) is 4.64. The molecule has 0 atom stereocenters. The van der Waals surface area contributed by atoms with Gasteiger partial charge in [-0.05, 0) is 32.0 Å². The number of hydrazone groups is 1. The van der Waals surface area contributed by atoms with Crippen LogP contribution >= 0.6 is 22.9 Å². The van der Waals surface area contributed by atoms with Crippen LogP contribution in [-0.4, -0.2) is 11.6 Å². The molecule has 6 heteroatoms. The van der Waals surface area contributed by atoms with E-state index in [0.29, 0.717) is 15.6 Å². The molecular weight excluding hydrogens is 320 g/mol. The lowest BCUT2D eigenvalue weighted by atomic mass is 10.1. The van der Waals surface area contributed by atoms with E-state index in [-0.39, 0.29) is 11.7 Å². The summed E-state index contributed by atoms with van der Waals surface area (Å²) in [5.74, 6) is -0.0855. The summed E-state index contributed by atoms with van der Waals surface area (Å²) >= 11 is 7.30. The Bertz CT molecular complexity index is 879. The van der Waals surface area contributed by atoms with Gasteiger partial charge in [0.2, 0.25) is 0 Å². The van der Waals surface area contributed by atoms with Gasteiger partial charge in [-0.15, -0.1) is 11.3 Å². The molecule has 2 aromatic heterocycles. The van der Waals surface area contributed by atoms with Crippen molar-refractivity contribution in [3.63, 3.8) is 0 Å². The molecule has 112 valence electrons. The fourth-order valence-corrected chi connectivity index (χ4v) is 3.13. The summed E-state index contributed by atoms with van der Waals surface area (Å²) in [7, 11) is 0. The van der Waals surface area contributed by atoms with Gasteiger partial charge in [0.25, 0.3) is 0 Å². The number of para-hydroxylation sites is 1. The highest BCUT2D eigenvalue weighted by Crippen LogP contribution is 2.25. The van der Waals surface area contributed by atoms with Crippen LogP contribution < -0.4 is 5.43 Å². The smallest absolute Gasteiger partial charge is 0.307 e. The first kappa shape index (κ1) is 14.8. The number of thiophene rings is 1. The molecule has 1 aromatic carbocycles. The molecule has 22 heavy (non-hydrogen) atoms. The van der Waals surface area contributed by atoms with E-state index in [1.807, 2.05) is 44.2 Å². The van der Waals surface area contributed by atoms with Crippen molar-refractivity contribution in [2.75, 3.05) is 0 Å². The van der Waals surface area contributed by atoms with E-state index in [1.54, 1.807) is 6.07 Å². The second kappa shape index (κ2) is 5.94. The molecule has 0 aliphatic rings. The maximum absolute atomic E-state index is 12.2. The third-order valence-electron chi connectivity index (χ3n) is 3.30. The number of rotatable bonds is 3. The largest absolute Gasteiger partial charge is 0.451 e. The van der Waals surface area contributed by atoms with Gasteiger partial charge in [0.15, 0.2) is 5.76 Å². The molecule has 1 amide bonds. The standard InChI is InChI=1S/C16H13ClN2O2S/c1-9-11-5-3-4-6-12(11)21-15(9)16(20)19-18-10(2)13-7-8-14(17)22-13/h3-8H,1-2H3,(H,19,20)/b18-10-. The van der Waals surface area contributed by atoms with Crippen molar-refractivity contribution in [3.8, 4) is 0 Å². The minimum atomic E-state index is -0.365. The quantitative estimate of drug-likeness (QED) is 0.562. The van der Waals surface area contributed by atoms with E-state index in [0.717, 1.165) is 15.8 Å². The number of carbonyl (C=O) groups excluding carboxylic acids is 1. The molecule has 3 rings (SSSR count). The zero-order chi connectivity index (χ0) is 15.7. The monoisotopic (exact) mass is 332 g/mol. The lowest BCUT2D eigenvalue weighted by molar-refractivity contribution is 0.0928. The zero-order valence-corrected chi connectivity index (χ0v) is 13.6. The normalized spacial score (nSPS) is 11.9. The maximum atomic E-state index is 12.2. The van der Waals surface area contributed by atoms with E-state index >= 15 is 0 Å². The molecule has 0 fully saturated rings. The Morgan fingerprint density at radius 1 is 1.27 bits per heavy atom. The minimum absolute atomic E-state index is 0.280. The summed E-state index contributed by atoms with van der Waals surface area (Å²) < 4.78 is 6.29. The lowest BCUT2D eigenvalue weighted by Gasteiger charge is -1.99. The van der Waals surface area contributed by atoms with Crippen LogP contribution in [0.3, 0.4) is 0 Å². The second-order valence-electron chi connectivity index (χ2n) is 4.79. The molecule has 0 aliphatic heterocycles. The molecule has 0 unspecified atom stereocenters. The van der Waals surface area contributed by atoms with E-state index in [9.17, 15) is 4.79 Å². The van der Waals surface area contributed by atoms with Crippen LogP contribution in [0.15, 0.2) is 45.9 Å². The molecule has 4 nitrogen and oxygen atoms in total. The van der Waals surface area contributed by atoms with Crippen LogP contribution in [0, 0.1) is 6.92 Å². The number of fused-ring (bicyclic) bond motifs is 1. The molecule has 0 aliphatic carbocycles. The van der Waals surface area contributed by atoms with Gasteiger partial charge in [-0.1, -0.05) is 29.8 Å². The highest BCUT2D eigenvalue weighted by Gasteiger charge is 2.17. The summed E-state index contributed by atoms with van der Waals surface area (Å²) in [6.45, 7) is 3.67. The van der Waals surface area contributed by atoms with Gasteiger partial charge in [0.1, 0.15) is 5.58 Å². The van der Waals surface area contributed by atoms with Crippen molar-refractivity contribution in [1.82, 2.24) is 5.43 Å². The Hall–Kier alpha value is -2.11. The second-order valence-corrected chi connectivity index (χ2v) is 6.51. The summed E-state index contributed by atoms with van der Waals surface area (Å²) in [6.07, 6.45) is 0. The average Bonchev–Trinajstić information content (AvgIpc) is 3.09. The lowest BCUT2D eigenvalue weighted by Crippen LogP contribution is -2.19. The van der Waals surface area contributed by atoms with Crippen LogP contribution in [0.2, 0.25) is 4.34 Å². The van der Waals surface area contributed by atoms with Crippen LogP contribution in [-0.2, 0) is 0 Å². The van der Waals surface area contributed by atoms with Gasteiger partial charge in [-0.3, -0.25) is 4.79 Å². The fourth-order valence-electron chi connectivity index (χ4n) is 2.14. The molecule has 1 N–H and O–H groups in total. The fraction of sp³-hybridized carbons (Fsp3) is 0.125. The summed E-state index contributed by atoms with van der Waals surface area (Å²) in [4.78, 5) is 13.2. The number of nitrogens with zero attached hydrogens (tertiary/aromatic N) is 1. The maximum Gasteiger partial charge on any atom is 0.307 e. The summed E-state index contributed by atoms with van der Waals surface area (Å²) in [5, 5.41) is 5.03. The van der Waals surface area contributed by atoms with Gasteiger partial charge < -0.3 is 4.42 Å². The van der Waals surface area contributed by atoms with Crippen LogP contribution in [0.1, 0.15) is 27.9 Å². The SMILES string of the molecule is C/C(=N/NC(=O)c1oc2ccccc2c1C)c1ccc(Cl)s1. The molecular formula is C16H13ClN2O2S. The number of benzene rings is 1. The Labute approximate surface area is 136 Å². The number of hydrogen-bond acceptors (Lipinski definition) is 4. The molecule has 2 heterocycles. The summed E-state index contributed by atoms with van der Waals surface area (Å²) in [6, 6.07) is 11.2. The van der Waals surface area contributed by atoms with Gasteiger partial charge in [0, 0.05) is 10.9 Å². The van der Waals surface area contributed by atoms with Crippen LogP contribution in [0.25, 0.3) is 11.0 Å². The van der Waals surface area contributed by atoms with Crippen molar-refractivity contribution < 1.29 is 9.21 Å². The van der Waals surface area contributed by atoms with E-state index in [1.165, 1.54) is 11.3 Å². The first-order valence-electron chi connectivity index (χ1n) is 6.64. The number of halogens is 1. The first-order chi connectivity index (χ1) is 10.6.